The van der Waals surface area contributed by atoms with Gasteiger partial charge >= 0.3 is 0 Å². The highest BCUT2D eigenvalue weighted by atomic mass is 16.5. The normalized spacial score (nSPS) is 13.2. The number of hydrogen-bond donors (Lipinski definition) is 3. The van der Waals surface area contributed by atoms with E-state index in [4.69, 9.17) is 19.3 Å². The SMILES string of the molecule is CC(C)OCCOCC(O)CNCCOCCO. The Bertz CT molecular complexity index is 169. The van der Waals surface area contributed by atoms with E-state index in [1.807, 2.05) is 13.8 Å². The minimum absolute atomic E-state index is 0.0366. The lowest BCUT2D eigenvalue weighted by molar-refractivity contribution is -0.0103. The first kappa shape index (κ1) is 17.8. The van der Waals surface area contributed by atoms with Gasteiger partial charge in [0.05, 0.1) is 51.8 Å². The zero-order valence-electron chi connectivity index (χ0n) is 11.4. The molecule has 3 N–H and O–H groups in total. The maximum absolute atomic E-state index is 9.55. The third kappa shape index (κ3) is 13.8. The molecule has 0 aromatic heterocycles. The van der Waals surface area contributed by atoms with E-state index >= 15 is 0 Å². The maximum Gasteiger partial charge on any atom is 0.0897 e. The summed E-state index contributed by atoms with van der Waals surface area (Å²) in [6, 6.07) is 0. The standard InChI is InChI=1S/C12H27NO5/c1-11(2)18-8-7-17-10-12(15)9-13-3-5-16-6-4-14/h11-15H,3-10H2,1-2H3. The van der Waals surface area contributed by atoms with Gasteiger partial charge in [-0.2, -0.15) is 0 Å². The summed E-state index contributed by atoms with van der Waals surface area (Å²) in [5.41, 5.74) is 0. The summed E-state index contributed by atoms with van der Waals surface area (Å²) in [5, 5.41) is 21.1. The second-order valence-electron chi connectivity index (χ2n) is 4.19. The van der Waals surface area contributed by atoms with Crippen LogP contribution < -0.4 is 5.32 Å². The molecule has 6 heteroatoms. The summed E-state index contributed by atoms with van der Waals surface area (Å²) in [4.78, 5) is 0. The number of hydrogen-bond acceptors (Lipinski definition) is 6. The van der Waals surface area contributed by atoms with Gasteiger partial charge in [-0.1, -0.05) is 0 Å². The summed E-state index contributed by atoms with van der Waals surface area (Å²) in [6.45, 7) is 7.30. The average Bonchev–Trinajstić information content (AvgIpc) is 2.33. The van der Waals surface area contributed by atoms with E-state index in [0.29, 0.717) is 46.1 Å². The molecule has 0 radical (unpaired) electrons. The Morgan fingerprint density at radius 3 is 2.50 bits per heavy atom. The summed E-state index contributed by atoms with van der Waals surface area (Å²) in [5.74, 6) is 0. The minimum atomic E-state index is -0.526. The Kier molecular flexibility index (Phi) is 13.0. The quantitative estimate of drug-likeness (QED) is 0.385. The van der Waals surface area contributed by atoms with E-state index in [9.17, 15) is 5.11 Å². The third-order valence-electron chi connectivity index (χ3n) is 2.03. The van der Waals surface area contributed by atoms with Gasteiger partial charge in [0, 0.05) is 13.1 Å². The smallest absolute Gasteiger partial charge is 0.0897 e. The highest BCUT2D eigenvalue weighted by Crippen LogP contribution is 1.89. The summed E-state index contributed by atoms with van der Waals surface area (Å²) >= 11 is 0. The molecule has 1 unspecified atom stereocenters. The van der Waals surface area contributed by atoms with Crippen LogP contribution in [0, 0.1) is 0 Å². The van der Waals surface area contributed by atoms with Crippen molar-refractivity contribution in [2.75, 3.05) is 52.7 Å². The molecule has 110 valence electrons. The van der Waals surface area contributed by atoms with Gasteiger partial charge in [0.15, 0.2) is 0 Å². The molecule has 0 bridgehead atoms. The largest absolute Gasteiger partial charge is 0.394 e. The molecule has 0 fully saturated rings. The first-order chi connectivity index (χ1) is 8.66. The Morgan fingerprint density at radius 2 is 1.83 bits per heavy atom. The topological polar surface area (TPSA) is 80.2 Å². The van der Waals surface area contributed by atoms with Crippen molar-refractivity contribution in [3.8, 4) is 0 Å². The molecule has 0 aromatic rings. The van der Waals surface area contributed by atoms with Crippen molar-refractivity contribution in [3.63, 3.8) is 0 Å². The van der Waals surface area contributed by atoms with Gasteiger partial charge in [-0.05, 0) is 13.8 Å². The van der Waals surface area contributed by atoms with Crippen LogP contribution in [0.3, 0.4) is 0 Å². The van der Waals surface area contributed by atoms with Crippen molar-refractivity contribution in [2.24, 2.45) is 0 Å². The molecule has 0 rings (SSSR count). The fourth-order valence-electron chi connectivity index (χ4n) is 1.20. The predicted octanol–water partition coefficient (Wildman–Crippen LogP) is -0.613. The fourth-order valence-corrected chi connectivity index (χ4v) is 1.20. The lowest BCUT2D eigenvalue weighted by Gasteiger charge is -2.13. The van der Waals surface area contributed by atoms with Crippen molar-refractivity contribution >= 4 is 0 Å². The number of aliphatic hydroxyl groups is 2. The van der Waals surface area contributed by atoms with Crippen LogP contribution >= 0.6 is 0 Å². The number of ether oxygens (including phenoxy) is 3. The number of rotatable bonds is 13. The second kappa shape index (κ2) is 13.2. The molecule has 0 saturated heterocycles. The van der Waals surface area contributed by atoms with Gasteiger partial charge in [0.1, 0.15) is 0 Å². The molecular formula is C12H27NO5. The van der Waals surface area contributed by atoms with Gasteiger partial charge in [-0.3, -0.25) is 0 Å². The van der Waals surface area contributed by atoms with Gasteiger partial charge in [0.2, 0.25) is 0 Å². The highest BCUT2D eigenvalue weighted by molar-refractivity contribution is 4.58. The molecule has 0 aliphatic carbocycles. The van der Waals surface area contributed by atoms with Crippen LogP contribution in [-0.4, -0.2) is 75.2 Å². The fraction of sp³-hybridized carbons (Fsp3) is 1.00. The van der Waals surface area contributed by atoms with E-state index in [1.54, 1.807) is 0 Å². The van der Waals surface area contributed by atoms with Crippen LogP contribution in [0.2, 0.25) is 0 Å². The number of aliphatic hydroxyl groups excluding tert-OH is 2. The molecule has 0 aliphatic heterocycles. The Labute approximate surface area is 109 Å². The van der Waals surface area contributed by atoms with E-state index in [1.165, 1.54) is 0 Å². The monoisotopic (exact) mass is 265 g/mol. The van der Waals surface area contributed by atoms with Crippen LogP contribution in [0.1, 0.15) is 13.8 Å². The van der Waals surface area contributed by atoms with Crippen LogP contribution in [0.5, 0.6) is 0 Å². The summed E-state index contributed by atoms with van der Waals surface area (Å²) in [7, 11) is 0. The zero-order valence-corrected chi connectivity index (χ0v) is 11.4. The Balaban J connectivity index is 3.15. The van der Waals surface area contributed by atoms with E-state index in [-0.39, 0.29) is 12.7 Å². The first-order valence-corrected chi connectivity index (χ1v) is 6.43. The predicted molar refractivity (Wildman–Crippen MR) is 68.7 cm³/mol. The summed E-state index contributed by atoms with van der Waals surface area (Å²) in [6.07, 6.45) is -0.319. The highest BCUT2D eigenvalue weighted by Gasteiger charge is 2.03. The lowest BCUT2D eigenvalue weighted by atomic mass is 10.4. The lowest BCUT2D eigenvalue weighted by Crippen LogP contribution is -2.33. The molecule has 0 aromatic carbocycles. The molecule has 0 spiro atoms. The van der Waals surface area contributed by atoms with Crippen LogP contribution in [0.25, 0.3) is 0 Å². The van der Waals surface area contributed by atoms with Gasteiger partial charge in [0.25, 0.3) is 0 Å². The minimum Gasteiger partial charge on any atom is -0.394 e. The Morgan fingerprint density at radius 1 is 1.06 bits per heavy atom. The number of nitrogens with one attached hydrogen (secondary N) is 1. The van der Waals surface area contributed by atoms with Crippen molar-refractivity contribution < 1.29 is 24.4 Å². The van der Waals surface area contributed by atoms with Crippen LogP contribution in [0.15, 0.2) is 0 Å². The molecule has 6 nitrogen and oxygen atoms in total. The molecule has 1 atom stereocenters. The third-order valence-corrected chi connectivity index (χ3v) is 2.03. The van der Waals surface area contributed by atoms with Gasteiger partial charge in [-0.15, -0.1) is 0 Å². The molecule has 0 aliphatic rings. The van der Waals surface area contributed by atoms with Crippen molar-refractivity contribution in [1.82, 2.24) is 5.32 Å². The average molecular weight is 265 g/mol. The van der Waals surface area contributed by atoms with E-state index < -0.39 is 6.10 Å². The van der Waals surface area contributed by atoms with Gasteiger partial charge in [-0.25, -0.2) is 0 Å². The van der Waals surface area contributed by atoms with E-state index in [2.05, 4.69) is 5.32 Å². The van der Waals surface area contributed by atoms with Crippen molar-refractivity contribution in [1.29, 1.82) is 0 Å². The van der Waals surface area contributed by atoms with Crippen molar-refractivity contribution in [3.05, 3.63) is 0 Å². The Hall–Kier alpha value is -0.240. The van der Waals surface area contributed by atoms with Crippen LogP contribution in [0.4, 0.5) is 0 Å². The van der Waals surface area contributed by atoms with E-state index in [0.717, 1.165) is 0 Å². The molecule has 18 heavy (non-hydrogen) atoms. The second-order valence-corrected chi connectivity index (χ2v) is 4.19. The summed E-state index contributed by atoms with van der Waals surface area (Å²) < 4.78 is 15.6. The maximum atomic E-state index is 9.55. The zero-order chi connectivity index (χ0) is 13.6. The van der Waals surface area contributed by atoms with Gasteiger partial charge < -0.3 is 29.7 Å². The molecule has 0 amide bonds. The molecule has 0 heterocycles. The van der Waals surface area contributed by atoms with Crippen molar-refractivity contribution in [2.45, 2.75) is 26.1 Å². The van der Waals surface area contributed by atoms with Crippen LogP contribution in [-0.2, 0) is 14.2 Å². The molecular weight excluding hydrogens is 238 g/mol. The molecule has 0 saturated carbocycles. The first-order valence-electron chi connectivity index (χ1n) is 6.43.